The maximum atomic E-state index is 3.94. The molecular weight excluding hydrogens is 138 g/mol. The second-order valence-corrected chi connectivity index (χ2v) is 2.85. The quantitative estimate of drug-likeness (QED) is 0.660. The lowest BCUT2D eigenvalue weighted by molar-refractivity contribution is 0.494. The molecule has 0 atom stereocenters. The first kappa shape index (κ1) is 8.24. The van der Waals surface area contributed by atoms with E-state index < -0.39 is 0 Å². The van der Waals surface area contributed by atoms with Gasteiger partial charge in [-0.15, -0.1) is 5.10 Å². The van der Waals surface area contributed by atoms with E-state index in [0.717, 1.165) is 6.42 Å². The first-order chi connectivity index (χ1) is 5.25. The Bertz CT molecular complexity index is 191. The monoisotopic (exact) mass is 152 g/mol. The van der Waals surface area contributed by atoms with E-state index in [1.54, 1.807) is 6.20 Å². The van der Waals surface area contributed by atoms with Crippen LogP contribution < -0.4 is 0 Å². The highest BCUT2D eigenvalue weighted by molar-refractivity contribution is 4.93. The van der Waals surface area contributed by atoms with Crippen molar-refractivity contribution in [3.8, 4) is 0 Å². The lowest BCUT2D eigenvalue weighted by atomic mass is 10.0. The normalized spacial score (nSPS) is 11.4. The Kier molecular flexibility index (Phi) is 2.63. The Hall–Kier alpha value is -0.860. The van der Waals surface area contributed by atoms with Gasteiger partial charge in [-0.05, 0) is 12.3 Å². The Morgan fingerprint density at radius 3 is 2.64 bits per heavy atom. The highest BCUT2D eigenvalue weighted by atomic mass is 15.4. The fraction of sp³-hybridized carbons (Fsp3) is 0.625. The molecule has 11 heavy (non-hydrogen) atoms. The summed E-state index contributed by atoms with van der Waals surface area (Å²) in [5, 5.41) is 7.70. The second-order valence-electron chi connectivity index (χ2n) is 2.85. The third-order valence-electron chi connectivity index (χ3n) is 1.75. The minimum absolute atomic E-state index is 0.543. The molecular formula is C8H14N3. The van der Waals surface area contributed by atoms with Crippen molar-refractivity contribution in [1.29, 1.82) is 0 Å². The average Bonchev–Trinajstić information content (AvgIpc) is 2.40. The lowest BCUT2D eigenvalue weighted by Crippen LogP contribution is -2.15. The third-order valence-corrected chi connectivity index (χ3v) is 1.75. The van der Waals surface area contributed by atoms with Crippen LogP contribution >= 0.6 is 0 Å². The Labute approximate surface area is 67.4 Å². The minimum Gasteiger partial charge on any atom is -0.244 e. The first-order valence-electron chi connectivity index (χ1n) is 3.98. The van der Waals surface area contributed by atoms with Crippen LogP contribution in [0.25, 0.3) is 0 Å². The topological polar surface area (TPSA) is 30.7 Å². The fourth-order valence-corrected chi connectivity index (χ4v) is 1.20. The summed E-state index contributed by atoms with van der Waals surface area (Å²) in [6, 6.07) is 1.31. The zero-order valence-electron chi connectivity index (χ0n) is 7.28. The molecule has 0 unspecified atom stereocenters. The predicted molar refractivity (Wildman–Crippen MR) is 43.8 cm³/mol. The summed E-state index contributed by atoms with van der Waals surface area (Å²) in [6.45, 7) is 6.47. The molecule has 3 nitrogen and oxygen atoms in total. The van der Waals surface area contributed by atoms with E-state index in [1.165, 1.54) is 6.04 Å². The van der Waals surface area contributed by atoms with Gasteiger partial charge in [-0.1, -0.05) is 26.0 Å². The molecule has 0 saturated carbocycles. The van der Waals surface area contributed by atoms with Crippen molar-refractivity contribution in [3.63, 3.8) is 0 Å². The van der Waals surface area contributed by atoms with Crippen LogP contribution in [0.15, 0.2) is 12.4 Å². The molecule has 0 aliphatic rings. The van der Waals surface area contributed by atoms with Gasteiger partial charge in [-0.25, -0.2) is 4.68 Å². The zero-order chi connectivity index (χ0) is 8.27. The largest absolute Gasteiger partial charge is 0.244 e. The van der Waals surface area contributed by atoms with Crippen molar-refractivity contribution in [3.05, 3.63) is 18.4 Å². The maximum absolute atomic E-state index is 3.94. The summed E-state index contributed by atoms with van der Waals surface area (Å²) in [5.41, 5.74) is 0. The van der Waals surface area contributed by atoms with E-state index in [9.17, 15) is 0 Å². The summed E-state index contributed by atoms with van der Waals surface area (Å²) < 4.78 is 1.85. The molecule has 0 aliphatic carbocycles. The van der Waals surface area contributed by atoms with Gasteiger partial charge in [0.05, 0.1) is 12.2 Å². The first-order valence-corrected chi connectivity index (χ1v) is 3.98. The van der Waals surface area contributed by atoms with Gasteiger partial charge in [-0.3, -0.25) is 0 Å². The van der Waals surface area contributed by atoms with Crippen molar-refractivity contribution < 1.29 is 0 Å². The van der Waals surface area contributed by atoms with E-state index in [1.807, 2.05) is 10.9 Å². The zero-order valence-corrected chi connectivity index (χ0v) is 7.28. The van der Waals surface area contributed by atoms with E-state index in [2.05, 4.69) is 31.1 Å². The number of aromatic nitrogens is 3. The Morgan fingerprint density at radius 2 is 2.27 bits per heavy atom. The van der Waals surface area contributed by atoms with Crippen LogP contribution in [0, 0.1) is 12.0 Å². The molecule has 61 valence electrons. The van der Waals surface area contributed by atoms with Crippen LogP contribution in [-0.4, -0.2) is 15.0 Å². The summed E-state index contributed by atoms with van der Waals surface area (Å²) in [6.07, 6.45) is 4.62. The van der Waals surface area contributed by atoms with Gasteiger partial charge < -0.3 is 0 Å². The summed E-state index contributed by atoms with van der Waals surface area (Å²) in [4.78, 5) is 0. The van der Waals surface area contributed by atoms with Crippen molar-refractivity contribution in [2.75, 3.05) is 0 Å². The molecule has 0 bridgehead atoms. The van der Waals surface area contributed by atoms with Crippen molar-refractivity contribution in [2.24, 2.45) is 5.92 Å². The maximum Gasteiger partial charge on any atom is 0.0919 e. The molecule has 1 aromatic rings. The minimum atomic E-state index is 0.543. The highest BCUT2D eigenvalue weighted by Crippen LogP contribution is 2.17. The van der Waals surface area contributed by atoms with Crippen LogP contribution in [0.1, 0.15) is 27.2 Å². The van der Waals surface area contributed by atoms with Crippen molar-refractivity contribution in [2.45, 2.75) is 27.2 Å². The number of hydrogen-bond acceptors (Lipinski definition) is 2. The molecule has 0 aliphatic heterocycles. The fourth-order valence-electron chi connectivity index (χ4n) is 1.20. The van der Waals surface area contributed by atoms with E-state index in [4.69, 9.17) is 0 Å². The molecule has 0 saturated heterocycles. The van der Waals surface area contributed by atoms with Gasteiger partial charge in [0.2, 0.25) is 0 Å². The van der Waals surface area contributed by atoms with Crippen molar-refractivity contribution >= 4 is 0 Å². The Balaban J connectivity index is 2.71. The van der Waals surface area contributed by atoms with Crippen LogP contribution in [-0.2, 0) is 0 Å². The van der Waals surface area contributed by atoms with Crippen LogP contribution in [0.5, 0.6) is 0 Å². The van der Waals surface area contributed by atoms with Gasteiger partial charge in [0.15, 0.2) is 0 Å². The standard InChI is InChI=1S/C8H14N3/c1-4-8(7(2)3)11-6-5-9-10-11/h5-7H,4H2,1-3H3. The number of hydrogen-bond donors (Lipinski definition) is 0. The molecule has 0 amide bonds. The smallest absolute Gasteiger partial charge is 0.0919 e. The molecule has 0 aromatic carbocycles. The van der Waals surface area contributed by atoms with Gasteiger partial charge in [0.25, 0.3) is 0 Å². The molecule has 1 rings (SSSR count). The SMILES string of the molecule is CC[C](C(C)C)n1ccnn1. The van der Waals surface area contributed by atoms with E-state index >= 15 is 0 Å². The summed E-state index contributed by atoms with van der Waals surface area (Å²) in [5.74, 6) is 0.543. The number of rotatable bonds is 3. The van der Waals surface area contributed by atoms with Crippen LogP contribution in [0.2, 0.25) is 0 Å². The second kappa shape index (κ2) is 3.51. The summed E-state index contributed by atoms with van der Waals surface area (Å²) in [7, 11) is 0. The number of nitrogens with zero attached hydrogens (tertiary/aromatic N) is 3. The predicted octanol–water partition coefficient (Wildman–Crippen LogP) is 1.72. The third kappa shape index (κ3) is 1.79. The van der Waals surface area contributed by atoms with Crippen LogP contribution in [0.4, 0.5) is 0 Å². The lowest BCUT2D eigenvalue weighted by Gasteiger charge is -2.16. The van der Waals surface area contributed by atoms with E-state index in [-0.39, 0.29) is 0 Å². The van der Waals surface area contributed by atoms with Crippen molar-refractivity contribution in [1.82, 2.24) is 15.0 Å². The molecule has 1 radical (unpaired) electrons. The van der Waals surface area contributed by atoms with Gasteiger partial charge in [0.1, 0.15) is 0 Å². The van der Waals surface area contributed by atoms with Gasteiger partial charge in [-0.2, -0.15) is 0 Å². The van der Waals surface area contributed by atoms with Gasteiger partial charge >= 0.3 is 0 Å². The molecule has 1 heterocycles. The summed E-state index contributed by atoms with van der Waals surface area (Å²) >= 11 is 0. The van der Waals surface area contributed by atoms with Gasteiger partial charge in [0, 0.05) is 6.20 Å². The molecule has 0 spiro atoms. The highest BCUT2D eigenvalue weighted by Gasteiger charge is 2.13. The molecule has 0 N–H and O–H groups in total. The molecule has 3 heteroatoms. The molecule has 1 aromatic heterocycles. The van der Waals surface area contributed by atoms with E-state index in [0.29, 0.717) is 5.92 Å². The average molecular weight is 152 g/mol. The molecule has 0 fully saturated rings. The van der Waals surface area contributed by atoms with Crippen LogP contribution in [0.3, 0.4) is 0 Å². The Morgan fingerprint density at radius 1 is 1.55 bits per heavy atom.